The highest BCUT2D eigenvalue weighted by Crippen LogP contribution is 2.16. The maximum absolute atomic E-state index is 12.0. The Morgan fingerprint density at radius 1 is 1.26 bits per heavy atom. The van der Waals surface area contributed by atoms with Crippen LogP contribution in [0, 0.1) is 0 Å². The predicted octanol–water partition coefficient (Wildman–Crippen LogP) is -0.164. The standard InChI is InChI=1S/C10H17N3O4S2/c1-3-18(14,15)8-7-13-19(16,17)9-5-4-6-12-10(9)11-2/h4-6,13H,3,7-8H2,1-2H3,(H,11,12). The topological polar surface area (TPSA) is 105 Å². The van der Waals surface area contributed by atoms with Crippen molar-refractivity contribution >= 4 is 25.7 Å². The van der Waals surface area contributed by atoms with E-state index in [0.29, 0.717) is 0 Å². The Kier molecular flexibility index (Phi) is 5.27. The van der Waals surface area contributed by atoms with Gasteiger partial charge < -0.3 is 5.32 Å². The molecule has 1 heterocycles. The summed E-state index contributed by atoms with van der Waals surface area (Å²) in [6.45, 7) is 1.36. The first-order valence-corrected chi connectivity index (χ1v) is 8.95. The van der Waals surface area contributed by atoms with Crippen LogP contribution in [0.5, 0.6) is 0 Å². The number of rotatable bonds is 7. The molecule has 1 aromatic rings. The summed E-state index contributed by atoms with van der Waals surface area (Å²) in [5.41, 5.74) is 0. The molecule has 0 aliphatic heterocycles. The van der Waals surface area contributed by atoms with Crippen LogP contribution in [-0.4, -0.2) is 46.9 Å². The quantitative estimate of drug-likeness (QED) is 0.725. The zero-order valence-electron chi connectivity index (χ0n) is 10.8. The van der Waals surface area contributed by atoms with E-state index < -0.39 is 19.9 Å². The summed E-state index contributed by atoms with van der Waals surface area (Å²) in [5.74, 6) is -0.0188. The third kappa shape index (κ3) is 4.44. The van der Waals surface area contributed by atoms with Crippen molar-refractivity contribution in [3.8, 4) is 0 Å². The second-order valence-electron chi connectivity index (χ2n) is 3.73. The van der Waals surface area contributed by atoms with Gasteiger partial charge in [0.25, 0.3) is 0 Å². The fourth-order valence-electron chi connectivity index (χ4n) is 1.35. The van der Waals surface area contributed by atoms with Crippen molar-refractivity contribution < 1.29 is 16.8 Å². The predicted molar refractivity (Wildman–Crippen MR) is 73.3 cm³/mol. The minimum absolute atomic E-state index is 0.00797. The van der Waals surface area contributed by atoms with Crippen LogP contribution in [0.3, 0.4) is 0 Å². The molecule has 0 saturated carbocycles. The van der Waals surface area contributed by atoms with Gasteiger partial charge in [-0.3, -0.25) is 0 Å². The molecular weight excluding hydrogens is 290 g/mol. The third-order valence-electron chi connectivity index (χ3n) is 2.44. The van der Waals surface area contributed by atoms with Crippen molar-refractivity contribution in [1.29, 1.82) is 0 Å². The summed E-state index contributed by atoms with van der Waals surface area (Å²) in [5, 5.41) is 2.67. The van der Waals surface area contributed by atoms with Gasteiger partial charge in [-0.1, -0.05) is 6.92 Å². The maximum Gasteiger partial charge on any atom is 0.244 e. The first kappa shape index (κ1) is 15.9. The number of hydrogen-bond acceptors (Lipinski definition) is 6. The Morgan fingerprint density at radius 2 is 1.95 bits per heavy atom. The molecular formula is C10H17N3O4S2. The molecule has 0 saturated heterocycles. The van der Waals surface area contributed by atoms with E-state index in [1.807, 2.05) is 0 Å². The number of anilines is 1. The molecule has 2 N–H and O–H groups in total. The van der Waals surface area contributed by atoms with Gasteiger partial charge in [0, 0.05) is 25.5 Å². The molecule has 1 aromatic heterocycles. The molecule has 0 spiro atoms. The van der Waals surface area contributed by atoms with Crippen LogP contribution >= 0.6 is 0 Å². The molecule has 0 amide bonds. The van der Waals surface area contributed by atoms with Crippen molar-refractivity contribution in [3.63, 3.8) is 0 Å². The van der Waals surface area contributed by atoms with E-state index in [1.165, 1.54) is 25.3 Å². The molecule has 0 aliphatic rings. The molecule has 0 bridgehead atoms. The lowest BCUT2D eigenvalue weighted by atomic mass is 10.5. The summed E-state index contributed by atoms with van der Waals surface area (Å²) in [7, 11) is -5.41. The molecule has 0 atom stereocenters. The molecule has 0 radical (unpaired) electrons. The molecule has 7 nitrogen and oxygen atoms in total. The van der Waals surface area contributed by atoms with Crippen LogP contribution in [0.15, 0.2) is 23.2 Å². The second-order valence-corrected chi connectivity index (χ2v) is 7.94. The number of sulfone groups is 1. The van der Waals surface area contributed by atoms with Crippen LogP contribution in [-0.2, 0) is 19.9 Å². The van der Waals surface area contributed by atoms with Crippen molar-refractivity contribution in [3.05, 3.63) is 18.3 Å². The first-order valence-electron chi connectivity index (χ1n) is 5.65. The molecule has 0 aromatic carbocycles. The summed E-state index contributed by atoms with van der Waals surface area (Å²) in [6, 6.07) is 2.90. The SMILES string of the molecule is CCS(=O)(=O)CCNS(=O)(=O)c1cccnc1NC. The Morgan fingerprint density at radius 3 is 2.53 bits per heavy atom. The lowest BCUT2D eigenvalue weighted by Crippen LogP contribution is -2.30. The van der Waals surface area contributed by atoms with Gasteiger partial charge in [-0.25, -0.2) is 26.5 Å². The van der Waals surface area contributed by atoms with Gasteiger partial charge in [0.05, 0.1) is 5.75 Å². The van der Waals surface area contributed by atoms with E-state index >= 15 is 0 Å². The molecule has 19 heavy (non-hydrogen) atoms. The fourth-order valence-corrected chi connectivity index (χ4v) is 3.37. The number of nitrogens with one attached hydrogen (secondary N) is 2. The van der Waals surface area contributed by atoms with Gasteiger partial charge in [0.2, 0.25) is 10.0 Å². The molecule has 9 heteroatoms. The number of hydrogen-bond donors (Lipinski definition) is 2. The van der Waals surface area contributed by atoms with E-state index in [1.54, 1.807) is 7.05 Å². The zero-order chi connectivity index (χ0) is 14.5. The van der Waals surface area contributed by atoms with Crippen LogP contribution in [0.25, 0.3) is 0 Å². The van der Waals surface area contributed by atoms with Crippen LogP contribution in [0.4, 0.5) is 5.82 Å². The van der Waals surface area contributed by atoms with Gasteiger partial charge in [-0.2, -0.15) is 0 Å². The summed E-state index contributed by atoms with van der Waals surface area (Å²) in [4.78, 5) is 3.88. The second kappa shape index (κ2) is 6.31. The molecule has 0 fully saturated rings. The molecule has 0 aliphatic carbocycles. The van der Waals surface area contributed by atoms with Crippen molar-refractivity contribution in [1.82, 2.24) is 9.71 Å². The van der Waals surface area contributed by atoms with Gasteiger partial charge in [0.15, 0.2) is 9.84 Å². The highest BCUT2D eigenvalue weighted by molar-refractivity contribution is 7.91. The van der Waals surface area contributed by atoms with E-state index in [2.05, 4.69) is 15.0 Å². The van der Waals surface area contributed by atoms with E-state index in [-0.39, 0.29) is 28.8 Å². The molecule has 108 valence electrons. The van der Waals surface area contributed by atoms with E-state index in [0.717, 1.165) is 0 Å². The number of aromatic nitrogens is 1. The minimum atomic E-state index is -3.77. The largest absolute Gasteiger partial charge is 0.372 e. The highest BCUT2D eigenvalue weighted by atomic mass is 32.2. The Hall–Kier alpha value is -1.19. The van der Waals surface area contributed by atoms with E-state index in [4.69, 9.17) is 0 Å². The maximum atomic E-state index is 12.0. The minimum Gasteiger partial charge on any atom is -0.372 e. The van der Waals surface area contributed by atoms with Gasteiger partial charge >= 0.3 is 0 Å². The Labute approximate surface area is 113 Å². The van der Waals surface area contributed by atoms with Crippen molar-refractivity contribution in [2.24, 2.45) is 0 Å². The van der Waals surface area contributed by atoms with Crippen molar-refractivity contribution in [2.75, 3.05) is 30.4 Å². The lowest BCUT2D eigenvalue weighted by molar-refractivity contribution is 0.581. The molecule has 1 rings (SSSR count). The summed E-state index contributed by atoms with van der Waals surface area (Å²) >= 11 is 0. The highest BCUT2D eigenvalue weighted by Gasteiger charge is 2.19. The van der Waals surface area contributed by atoms with Gasteiger partial charge in [0.1, 0.15) is 10.7 Å². The third-order valence-corrected chi connectivity index (χ3v) is 5.64. The monoisotopic (exact) mass is 307 g/mol. The van der Waals surface area contributed by atoms with Crippen LogP contribution in [0.2, 0.25) is 0 Å². The van der Waals surface area contributed by atoms with Crippen LogP contribution in [0.1, 0.15) is 6.92 Å². The smallest absolute Gasteiger partial charge is 0.244 e. The average Bonchev–Trinajstić information content (AvgIpc) is 2.38. The fraction of sp³-hybridized carbons (Fsp3) is 0.500. The molecule has 0 unspecified atom stereocenters. The number of pyridine rings is 1. The Balaban J connectivity index is 2.82. The van der Waals surface area contributed by atoms with Gasteiger partial charge in [-0.05, 0) is 12.1 Å². The van der Waals surface area contributed by atoms with Crippen LogP contribution < -0.4 is 10.0 Å². The summed E-state index contributed by atoms with van der Waals surface area (Å²) in [6.07, 6.45) is 1.46. The normalized spacial score (nSPS) is 12.3. The zero-order valence-corrected chi connectivity index (χ0v) is 12.4. The van der Waals surface area contributed by atoms with Crippen molar-refractivity contribution in [2.45, 2.75) is 11.8 Å². The van der Waals surface area contributed by atoms with Gasteiger partial charge in [-0.15, -0.1) is 0 Å². The average molecular weight is 307 g/mol. The number of nitrogens with zero attached hydrogens (tertiary/aromatic N) is 1. The number of sulfonamides is 1. The lowest BCUT2D eigenvalue weighted by Gasteiger charge is -2.09. The van der Waals surface area contributed by atoms with E-state index in [9.17, 15) is 16.8 Å². The first-order chi connectivity index (χ1) is 8.82. The summed E-state index contributed by atoms with van der Waals surface area (Å²) < 4.78 is 48.8. The Bertz CT molecular complexity index is 626.